The van der Waals surface area contributed by atoms with Gasteiger partial charge in [-0.15, -0.1) is 0 Å². The lowest BCUT2D eigenvalue weighted by molar-refractivity contribution is -0.120. The third-order valence-corrected chi connectivity index (χ3v) is 4.57. The zero-order valence-electron chi connectivity index (χ0n) is 13.6. The zero-order chi connectivity index (χ0) is 18.3. The van der Waals surface area contributed by atoms with E-state index in [0.717, 1.165) is 6.20 Å². The molecule has 130 valence electrons. The van der Waals surface area contributed by atoms with Crippen LogP contribution in [0.4, 0.5) is 4.39 Å². The Labute approximate surface area is 147 Å². The van der Waals surface area contributed by atoms with E-state index in [4.69, 9.17) is 5.73 Å². The van der Waals surface area contributed by atoms with E-state index in [-0.39, 0.29) is 11.1 Å². The maximum atomic E-state index is 14.2. The Morgan fingerprint density at radius 2 is 2.00 bits per heavy atom. The minimum Gasteiger partial charge on any atom is -0.369 e. The van der Waals surface area contributed by atoms with Crippen molar-refractivity contribution in [2.45, 2.75) is 18.3 Å². The van der Waals surface area contributed by atoms with Crippen molar-refractivity contribution in [1.82, 2.24) is 19.9 Å². The molecule has 1 aliphatic carbocycles. The maximum absolute atomic E-state index is 14.2. The molecule has 1 fully saturated rings. The van der Waals surface area contributed by atoms with Gasteiger partial charge in [-0.3, -0.25) is 19.6 Å². The minimum absolute atomic E-state index is 0.226. The van der Waals surface area contributed by atoms with Crippen molar-refractivity contribution in [2.75, 3.05) is 0 Å². The molecule has 1 saturated carbocycles. The van der Waals surface area contributed by atoms with Crippen molar-refractivity contribution in [3.05, 3.63) is 64.9 Å². The molecule has 0 spiro atoms. The van der Waals surface area contributed by atoms with Crippen molar-refractivity contribution in [3.63, 3.8) is 0 Å². The van der Waals surface area contributed by atoms with Gasteiger partial charge in [0.05, 0.1) is 34.9 Å². The number of carbonyl (C=O) groups is 1. The van der Waals surface area contributed by atoms with Crippen LogP contribution in [0.15, 0.2) is 47.8 Å². The van der Waals surface area contributed by atoms with E-state index in [1.54, 1.807) is 6.07 Å². The lowest BCUT2D eigenvalue weighted by Crippen LogP contribution is -2.29. The van der Waals surface area contributed by atoms with Gasteiger partial charge in [0.2, 0.25) is 11.5 Å². The molecule has 0 atom stereocenters. The van der Waals surface area contributed by atoms with Crippen LogP contribution in [0, 0.1) is 5.82 Å². The molecule has 8 heteroatoms. The number of pyridine rings is 2. The molecule has 0 radical (unpaired) electrons. The van der Waals surface area contributed by atoms with Crippen molar-refractivity contribution in [3.8, 4) is 22.5 Å². The molecule has 0 saturated heterocycles. The summed E-state index contributed by atoms with van der Waals surface area (Å²) in [5.41, 5.74) is 6.30. The fourth-order valence-electron chi connectivity index (χ4n) is 2.90. The zero-order valence-corrected chi connectivity index (χ0v) is 13.6. The highest BCUT2D eigenvalue weighted by Gasteiger charge is 2.52. The van der Waals surface area contributed by atoms with E-state index in [2.05, 4.69) is 19.9 Å². The number of hydrogen-bond acceptors (Lipinski definition) is 5. The number of hydrogen-bond donors (Lipinski definition) is 2. The molecular formula is C18H14FN5O2. The quantitative estimate of drug-likeness (QED) is 0.740. The van der Waals surface area contributed by atoms with Crippen LogP contribution in [0.3, 0.4) is 0 Å². The molecule has 4 rings (SSSR count). The smallest absolute Gasteiger partial charge is 0.247 e. The van der Waals surface area contributed by atoms with E-state index in [1.165, 1.54) is 30.7 Å². The van der Waals surface area contributed by atoms with Crippen LogP contribution in [-0.2, 0) is 10.2 Å². The first kappa shape index (κ1) is 16.1. The van der Waals surface area contributed by atoms with Gasteiger partial charge in [-0.2, -0.15) is 0 Å². The number of nitrogens with two attached hydrogens (primary N) is 1. The Morgan fingerprint density at radius 3 is 2.62 bits per heavy atom. The van der Waals surface area contributed by atoms with Gasteiger partial charge in [0.15, 0.2) is 5.82 Å². The van der Waals surface area contributed by atoms with Crippen LogP contribution >= 0.6 is 0 Å². The Hall–Kier alpha value is -3.42. The van der Waals surface area contributed by atoms with Crippen LogP contribution in [0.2, 0.25) is 0 Å². The molecule has 3 aromatic rings. The Kier molecular flexibility index (Phi) is 3.61. The summed E-state index contributed by atoms with van der Waals surface area (Å²) in [6, 6.07) is 4.41. The van der Waals surface area contributed by atoms with E-state index >= 15 is 0 Å². The van der Waals surface area contributed by atoms with Gasteiger partial charge in [-0.1, -0.05) is 0 Å². The first-order valence-electron chi connectivity index (χ1n) is 7.98. The Morgan fingerprint density at radius 1 is 1.19 bits per heavy atom. The number of H-pyrrole nitrogens is 1. The summed E-state index contributed by atoms with van der Waals surface area (Å²) in [6.07, 6.45) is 6.69. The van der Waals surface area contributed by atoms with Gasteiger partial charge in [-0.25, -0.2) is 9.37 Å². The number of rotatable bonds is 4. The fraction of sp³-hybridized carbons (Fsp3) is 0.167. The Balaban J connectivity index is 1.95. The summed E-state index contributed by atoms with van der Waals surface area (Å²) in [5, 5.41) is 0. The number of primary amides is 1. The van der Waals surface area contributed by atoms with Gasteiger partial charge in [0, 0.05) is 29.6 Å². The van der Waals surface area contributed by atoms with Crippen LogP contribution in [0.1, 0.15) is 18.5 Å². The number of halogens is 1. The normalized spacial score (nSPS) is 14.8. The van der Waals surface area contributed by atoms with Crippen LogP contribution in [-0.4, -0.2) is 25.8 Å². The summed E-state index contributed by atoms with van der Waals surface area (Å²) in [4.78, 5) is 38.4. The first-order valence-corrected chi connectivity index (χ1v) is 7.98. The number of nitrogens with one attached hydrogen (secondary N) is 1. The van der Waals surface area contributed by atoms with Crippen molar-refractivity contribution in [1.29, 1.82) is 0 Å². The standard InChI is InChI=1S/C18H14FN5O2/c19-12-8-21-6-3-11(12)16-15(10-1-2-14(25)22-7-10)24-13(9-23-16)18(4-5-18)17(20)26/h1-3,6-9H,4-5H2,(H2,20,26)(H,22,25). The second kappa shape index (κ2) is 5.83. The van der Waals surface area contributed by atoms with E-state index in [0.29, 0.717) is 35.5 Å². The number of aromatic amines is 1. The van der Waals surface area contributed by atoms with Crippen molar-refractivity contribution < 1.29 is 9.18 Å². The predicted octanol–water partition coefficient (Wildman–Crippen LogP) is 1.55. The summed E-state index contributed by atoms with van der Waals surface area (Å²) < 4.78 is 14.2. The van der Waals surface area contributed by atoms with E-state index < -0.39 is 17.1 Å². The lowest BCUT2D eigenvalue weighted by atomic mass is 10.00. The van der Waals surface area contributed by atoms with Crippen molar-refractivity contribution in [2.24, 2.45) is 5.73 Å². The predicted molar refractivity (Wildman–Crippen MR) is 91.4 cm³/mol. The summed E-state index contributed by atoms with van der Waals surface area (Å²) in [7, 11) is 0. The molecule has 0 aliphatic heterocycles. The van der Waals surface area contributed by atoms with Crippen LogP contribution in [0.25, 0.3) is 22.5 Å². The molecule has 26 heavy (non-hydrogen) atoms. The minimum atomic E-state index is -0.820. The average molecular weight is 351 g/mol. The molecule has 7 nitrogen and oxygen atoms in total. The van der Waals surface area contributed by atoms with Gasteiger partial charge >= 0.3 is 0 Å². The van der Waals surface area contributed by atoms with Gasteiger partial charge < -0.3 is 10.7 Å². The molecule has 0 unspecified atom stereocenters. The van der Waals surface area contributed by atoms with E-state index in [9.17, 15) is 14.0 Å². The van der Waals surface area contributed by atoms with E-state index in [1.807, 2.05) is 0 Å². The van der Waals surface area contributed by atoms with Gasteiger partial charge in [-0.05, 0) is 25.0 Å². The third kappa shape index (κ3) is 2.55. The second-order valence-electron chi connectivity index (χ2n) is 6.20. The summed E-state index contributed by atoms with van der Waals surface area (Å²) >= 11 is 0. The molecule has 1 amide bonds. The highest BCUT2D eigenvalue weighted by atomic mass is 19.1. The second-order valence-corrected chi connectivity index (χ2v) is 6.20. The lowest BCUT2D eigenvalue weighted by Gasteiger charge is -2.14. The molecule has 0 aromatic carbocycles. The molecular weight excluding hydrogens is 337 g/mol. The van der Waals surface area contributed by atoms with Gasteiger partial charge in [0.25, 0.3) is 0 Å². The fourth-order valence-corrected chi connectivity index (χ4v) is 2.90. The molecule has 3 N–H and O–H groups in total. The third-order valence-electron chi connectivity index (χ3n) is 4.57. The number of carbonyl (C=O) groups excluding carboxylic acids is 1. The highest BCUT2D eigenvalue weighted by molar-refractivity contribution is 5.89. The molecule has 3 heterocycles. The topological polar surface area (TPSA) is 115 Å². The Bertz CT molecular complexity index is 1050. The molecule has 1 aliphatic rings. The van der Waals surface area contributed by atoms with Gasteiger partial charge in [0.1, 0.15) is 0 Å². The summed E-state index contributed by atoms with van der Waals surface area (Å²) in [6.45, 7) is 0. The highest BCUT2D eigenvalue weighted by Crippen LogP contribution is 2.47. The number of nitrogens with zero attached hydrogens (tertiary/aromatic N) is 3. The van der Waals surface area contributed by atoms with Crippen molar-refractivity contribution >= 4 is 5.91 Å². The SMILES string of the molecule is NC(=O)C1(c2cnc(-c3ccncc3F)c(-c3ccc(=O)[nH]c3)n2)CC1. The number of aromatic nitrogens is 4. The monoisotopic (exact) mass is 351 g/mol. The first-order chi connectivity index (χ1) is 12.5. The van der Waals surface area contributed by atoms with Crippen LogP contribution in [0.5, 0.6) is 0 Å². The average Bonchev–Trinajstić information content (AvgIpc) is 3.45. The number of amides is 1. The molecule has 3 aromatic heterocycles. The van der Waals surface area contributed by atoms with Crippen LogP contribution < -0.4 is 11.3 Å². The maximum Gasteiger partial charge on any atom is 0.247 e. The summed E-state index contributed by atoms with van der Waals surface area (Å²) in [5.74, 6) is -1.00. The largest absolute Gasteiger partial charge is 0.369 e. The molecule has 0 bridgehead atoms.